The van der Waals surface area contributed by atoms with Crippen LogP contribution in [0.5, 0.6) is 0 Å². The second-order valence-corrected chi connectivity index (χ2v) is 6.73. The molecule has 2 amide bonds. The largest absolute Gasteiger partial charge is 0.365 e. The number of amides is 2. The lowest BCUT2D eigenvalue weighted by Gasteiger charge is -2.39. The van der Waals surface area contributed by atoms with Crippen LogP contribution in [0, 0.1) is 6.92 Å². The molecule has 0 saturated carbocycles. The summed E-state index contributed by atoms with van der Waals surface area (Å²) >= 11 is 0. The van der Waals surface area contributed by atoms with Gasteiger partial charge in [0.25, 0.3) is 0 Å². The van der Waals surface area contributed by atoms with Crippen LogP contribution in [0.15, 0.2) is 48.5 Å². The number of carbonyl (C=O) groups is 1. The average Bonchev–Trinajstić information content (AvgIpc) is 2.94. The number of piperidine rings is 1. The van der Waals surface area contributed by atoms with Gasteiger partial charge in [0.2, 0.25) is 0 Å². The summed E-state index contributed by atoms with van der Waals surface area (Å²) in [6.45, 7) is 4.14. The van der Waals surface area contributed by atoms with E-state index in [4.69, 9.17) is 4.74 Å². The van der Waals surface area contributed by atoms with Crippen LogP contribution >= 0.6 is 0 Å². The molecule has 4 nitrogen and oxygen atoms in total. The molecule has 4 rings (SSSR count). The molecule has 1 N–H and O–H groups in total. The van der Waals surface area contributed by atoms with Crippen molar-refractivity contribution < 1.29 is 9.53 Å². The van der Waals surface area contributed by atoms with Crippen LogP contribution in [0.25, 0.3) is 0 Å². The molecule has 0 bridgehead atoms. The van der Waals surface area contributed by atoms with Crippen LogP contribution < -0.4 is 5.32 Å². The number of fused-ring (bicyclic) bond motifs is 2. The summed E-state index contributed by atoms with van der Waals surface area (Å²) in [5.41, 5.74) is 4.39. The van der Waals surface area contributed by atoms with Gasteiger partial charge in [-0.15, -0.1) is 0 Å². The Balaban J connectivity index is 1.42. The molecule has 1 saturated heterocycles. The molecule has 2 aliphatic rings. The average molecular weight is 322 g/mol. The molecule has 0 radical (unpaired) electrons. The molecule has 2 aromatic rings. The fourth-order valence-corrected chi connectivity index (χ4v) is 3.79. The molecular weight excluding hydrogens is 300 g/mol. The molecule has 0 atom stereocenters. The van der Waals surface area contributed by atoms with E-state index < -0.39 is 0 Å². The molecular formula is C20H22N2O2. The summed E-state index contributed by atoms with van der Waals surface area (Å²) in [5, 5.41) is 3.00. The first-order valence-electron chi connectivity index (χ1n) is 8.51. The smallest absolute Gasteiger partial charge is 0.321 e. The summed E-state index contributed by atoms with van der Waals surface area (Å²) in [7, 11) is 0. The van der Waals surface area contributed by atoms with Gasteiger partial charge in [0, 0.05) is 18.8 Å². The number of nitrogens with one attached hydrogen (secondary N) is 1. The minimum atomic E-state index is -0.198. The number of likely N-dealkylation sites (tertiary alicyclic amines) is 1. The van der Waals surface area contributed by atoms with Crippen molar-refractivity contribution in [2.45, 2.75) is 32.0 Å². The maximum absolute atomic E-state index is 12.5. The lowest BCUT2D eigenvalue weighted by molar-refractivity contribution is -0.0722. The Morgan fingerprint density at radius 1 is 1.12 bits per heavy atom. The van der Waals surface area contributed by atoms with Crippen LogP contribution in [-0.4, -0.2) is 24.0 Å². The quantitative estimate of drug-likeness (QED) is 0.860. The fraction of sp³-hybridized carbons (Fsp3) is 0.350. The predicted octanol–water partition coefficient (Wildman–Crippen LogP) is 4.05. The van der Waals surface area contributed by atoms with Crippen molar-refractivity contribution >= 4 is 11.7 Å². The van der Waals surface area contributed by atoms with Crippen LogP contribution in [0.1, 0.15) is 29.5 Å². The minimum Gasteiger partial charge on any atom is -0.365 e. The van der Waals surface area contributed by atoms with Gasteiger partial charge in [0.05, 0.1) is 12.2 Å². The molecule has 1 spiro atoms. The molecule has 2 heterocycles. The van der Waals surface area contributed by atoms with Gasteiger partial charge in [0.1, 0.15) is 0 Å². The third-order valence-electron chi connectivity index (χ3n) is 5.14. The van der Waals surface area contributed by atoms with E-state index in [9.17, 15) is 4.79 Å². The summed E-state index contributed by atoms with van der Waals surface area (Å²) in [6, 6.07) is 16.3. The highest BCUT2D eigenvalue weighted by Gasteiger charge is 2.43. The zero-order valence-electron chi connectivity index (χ0n) is 13.9. The first-order valence-corrected chi connectivity index (χ1v) is 8.51. The van der Waals surface area contributed by atoms with Crippen molar-refractivity contribution in [2.75, 3.05) is 18.4 Å². The zero-order valence-corrected chi connectivity index (χ0v) is 13.9. The normalized spacial score (nSPS) is 18.5. The number of hydrogen-bond donors (Lipinski definition) is 1. The maximum atomic E-state index is 12.5. The SMILES string of the molecule is Cc1cccc(NC(=O)N2CCC3(CC2)OCc2ccccc23)c1. The summed E-state index contributed by atoms with van der Waals surface area (Å²) in [5.74, 6) is 0. The number of rotatable bonds is 1. The Kier molecular flexibility index (Phi) is 3.77. The van der Waals surface area contributed by atoms with E-state index in [0.29, 0.717) is 19.7 Å². The first-order chi connectivity index (χ1) is 11.7. The highest BCUT2D eigenvalue weighted by atomic mass is 16.5. The van der Waals surface area contributed by atoms with Crippen LogP contribution in [0.4, 0.5) is 10.5 Å². The Bertz CT molecular complexity index is 764. The van der Waals surface area contributed by atoms with E-state index >= 15 is 0 Å². The standard InChI is InChI=1S/C20H22N2O2/c1-15-5-4-7-17(13-15)21-19(23)22-11-9-20(10-12-22)18-8-3-2-6-16(18)14-24-20/h2-8,13H,9-12,14H2,1H3,(H,21,23). The van der Waals surface area contributed by atoms with E-state index in [1.807, 2.05) is 36.1 Å². The van der Waals surface area contributed by atoms with E-state index in [1.165, 1.54) is 11.1 Å². The van der Waals surface area contributed by atoms with Gasteiger partial charge < -0.3 is 15.0 Å². The van der Waals surface area contributed by atoms with Gasteiger partial charge in [0.15, 0.2) is 0 Å². The van der Waals surface area contributed by atoms with Crippen molar-refractivity contribution in [3.63, 3.8) is 0 Å². The Hall–Kier alpha value is -2.33. The van der Waals surface area contributed by atoms with Gasteiger partial charge >= 0.3 is 6.03 Å². The van der Waals surface area contributed by atoms with Gasteiger partial charge in [-0.3, -0.25) is 0 Å². The predicted molar refractivity (Wildman–Crippen MR) is 93.9 cm³/mol. The maximum Gasteiger partial charge on any atom is 0.321 e. The first kappa shape index (κ1) is 15.2. The van der Waals surface area contributed by atoms with E-state index in [1.54, 1.807) is 0 Å². The van der Waals surface area contributed by atoms with Crippen molar-refractivity contribution in [3.8, 4) is 0 Å². The molecule has 4 heteroatoms. The van der Waals surface area contributed by atoms with Crippen molar-refractivity contribution in [1.29, 1.82) is 0 Å². The fourth-order valence-electron chi connectivity index (χ4n) is 3.79. The highest BCUT2D eigenvalue weighted by Crippen LogP contribution is 2.43. The summed E-state index contributed by atoms with van der Waals surface area (Å²) in [6.07, 6.45) is 1.70. The van der Waals surface area contributed by atoms with E-state index in [-0.39, 0.29) is 11.6 Å². The minimum absolute atomic E-state index is 0.0262. The zero-order chi connectivity index (χ0) is 16.6. The summed E-state index contributed by atoms with van der Waals surface area (Å²) < 4.78 is 6.16. The number of ether oxygens (including phenoxy) is 1. The lowest BCUT2D eigenvalue weighted by atomic mass is 9.84. The van der Waals surface area contributed by atoms with Crippen LogP contribution in [-0.2, 0) is 16.9 Å². The third kappa shape index (κ3) is 2.67. The Morgan fingerprint density at radius 2 is 1.92 bits per heavy atom. The highest BCUT2D eigenvalue weighted by molar-refractivity contribution is 5.89. The molecule has 2 aliphatic heterocycles. The molecule has 124 valence electrons. The van der Waals surface area contributed by atoms with Crippen molar-refractivity contribution in [3.05, 3.63) is 65.2 Å². The topological polar surface area (TPSA) is 41.6 Å². The summed E-state index contributed by atoms with van der Waals surface area (Å²) in [4.78, 5) is 14.4. The number of urea groups is 1. The second-order valence-electron chi connectivity index (χ2n) is 6.73. The number of benzene rings is 2. The molecule has 1 fully saturated rings. The van der Waals surface area contributed by atoms with Crippen molar-refractivity contribution in [1.82, 2.24) is 4.90 Å². The molecule has 24 heavy (non-hydrogen) atoms. The lowest BCUT2D eigenvalue weighted by Crippen LogP contribution is -2.46. The monoisotopic (exact) mass is 322 g/mol. The Morgan fingerprint density at radius 3 is 2.71 bits per heavy atom. The van der Waals surface area contributed by atoms with Crippen molar-refractivity contribution in [2.24, 2.45) is 0 Å². The van der Waals surface area contributed by atoms with E-state index in [2.05, 4.69) is 29.6 Å². The number of aryl methyl sites for hydroxylation is 1. The Labute approximate surface area is 142 Å². The third-order valence-corrected chi connectivity index (χ3v) is 5.14. The molecule has 0 aliphatic carbocycles. The van der Waals surface area contributed by atoms with Gasteiger partial charge in [-0.25, -0.2) is 4.79 Å². The van der Waals surface area contributed by atoms with Gasteiger partial charge in [-0.2, -0.15) is 0 Å². The number of nitrogens with zero attached hydrogens (tertiary/aromatic N) is 1. The number of carbonyl (C=O) groups excluding carboxylic acids is 1. The number of hydrogen-bond acceptors (Lipinski definition) is 2. The molecule has 0 aromatic heterocycles. The van der Waals surface area contributed by atoms with Crippen LogP contribution in [0.3, 0.4) is 0 Å². The van der Waals surface area contributed by atoms with E-state index in [0.717, 1.165) is 24.1 Å². The van der Waals surface area contributed by atoms with Crippen LogP contribution in [0.2, 0.25) is 0 Å². The van der Waals surface area contributed by atoms with Gasteiger partial charge in [-0.05, 0) is 48.6 Å². The molecule has 2 aromatic carbocycles. The van der Waals surface area contributed by atoms with Gasteiger partial charge in [-0.1, -0.05) is 36.4 Å². The second kappa shape index (κ2) is 5.95. The number of anilines is 1. The molecule has 0 unspecified atom stereocenters.